The fourth-order valence-corrected chi connectivity index (χ4v) is 9.40. The molecule has 0 N–H and O–H groups in total. The van der Waals surface area contributed by atoms with Crippen molar-refractivity contribution in [2.24, 2.45) is 0 Å². The van der Waals surface area contributed by atoms with Gasteiger partial charge in [-0.25, -0.2) is 0 Å². The lowest BCUT2D eigenvalue weighted by Crippen LogP contribution is -1.97. The van der Waals surface area contributed by atoms with Crippen LogP contribution in [0.3, 0.4) is 0 Å². The van der Waals surface area contributed by atoms with Crippen LogP contribution >= 0.6 is 0 Å². The predicted molar refractivity (Wildman–Crippen MR) is 240 cm³/mol. The van der Waals surface area contributed by atoms with E-state index in [-0.39, 0.29) is 0 Å². The van der Waals surface area contributed by atoms with Crippen LogP contribution in [0.1, 0.15) is 0 Å². The van der Waals surface area contributed by atoms with Crippen LogP contribution in [0.25, 0.3) is 105 Å². The SMILES string of the molecule is c1ccc(-c2ccc3c(c2)c2c4c5ccccc5n(-c5ccccc5-c5ccc6c(c5)c5ccccc5n6-c5ccccc5)c4ccc2n3-c2ccccc2)cc1. The number of rotatable bonds is 5. The minimum atomic E-state index is 1.16. The molecule has 0 amide bonds. The fourth-order valence-electron chi connectivity index (χ4n) is 9.40. The number of aromatic nitrogens is 3. The van der Waals surface area contributed by atoms with Crippen molar-refractivity contribution < 1.29 is 0 Å². The van der Waals surface area contributed by atoms with E-state index in [4.69, 9.17) is 0 Å². The summed E-state index contributed by atoms with van der Waals surface area (Å²) in [6.07, 6.45) is 0. The third-order valence-electron chi connectivity index (χ3n) is 11.8. The Morgan fingerprint density at radius 3 is 1.42 bits per heavy atom. The van der Waals surface area contributed by atoms with Gasteiger partial charge >= 0.3 is 0 Å². The first-order valence-corrected chi connectivity index (χ1v) is 19.6. The zero-order valence-corrected chi connectivity index (χ0v) is 31.0. The summed E-state index contributed by atoms with van der Waals surface area (Å²) in [5, 5.41) is 7.52. The number of hydrogen-bond acceptors (Lipinski definition) is 0. The van der Waals surface area contributed by atoms with Crippen LogP contribution in [0.5, 0.6) is 0 Å². The van der Waals surface area contributed by atoms with Gasteiger partial charge in [0.15, 0.2) is 0 Å². The van der Waals surface area contributed by atoms with Crippen LogP contribution in [0.4, 0.5) is 0 Å². The Bertz CT molecular complexity index is 3500. The molecule has 0 aliphatic heterocycles. The molecular formula is C54H35N3. The molecule has 12 rings (SSSR count). The quantitative estimate of drug-likeness (QED) is 0.168. The molecule has 3 heterocycles. The van der Waals surface area contributed by atoms with Gasteiger partial charge in [-0.1, -0.05) is 133 Å². The van der Waals surface area contributed by atoms with Crippen molar-refractivity contribution in [3.8, 4) is 39.3 Å². The molecule has 3 nitrogen and oxygen atoms in total. The maximum atomic E-state index is 2.49. The Kier molecular flexibility index (Phi) is 6.93. The third kappa shape index (κ3) is 4.73. The second-order valence-corrected chi connectivity index (χ2v) is 14.9. The monoisotopic (exact) mass is 725 g/mol. The van der Waals surface area contributed by atoms with E-state index in [0.717, 1.165) is 17.1 Å². The average molecular weight is 726 g/mol. The maximum Gasteiger partial charge on any atom is 0.0549 e. The molecule has 12 aromatic rings. The van der Waals surface area contributed by atoms with Crippen LogP contribution in [0, 0.1) is 0 Å². The molecule has 0 radical (unpaired) electrons. The van der Waals surface area contributed by atoms with E-state index in [1.165, 1.54) is 87.7 Å². The Hall–Kier alpha value is -7.62. The van der Waals surface area contributed by atoms with E-state index in [1.54, 1.807) is 0 Å². The van der Waals surface area contributed by atoms with Gasteiger partial charge in [0.05, 0.1) is 38.8 Å². The van der Waals surface area contributed by atoms with E-state index in [2.05, 4.69) is 226 Å². The molecule has 0 spiro atoms. The molecule has 3 heteroatoms. The van der Waals surface area contributed by atoms with Crippen LogP contribution < -0.4 is 0 Å². The predicted octanol–water partition coefficient (Wildman–Crippen LogP) is 14.3. The zero-order valence-electron chi connectivity index (χ0n) is 31.0. The molecule has 0 atom stereocenters. The second-order valence-electron chi connectivity index (χ2n) is 14.9. The standard InChI is InChI=1S/C54H35N3/c1-4-16-36(17-5-1)37-28-30-50-45(34-37)54-51(56(50)40-20-8-3-9-21-40)32-33-52-53(54)43-24-12-15-27-48(43)57(52)46-25-13-10-22-41(46)38-29-31-49-44(35-38)42-23-11-14-26-47(42)55(49)39-18-6-2-7-19-39/h1-35H. The highest BCUT2D eigenvalue weighted by atomic mass is 15.0. The van der Waals surface area contributed by atoms with Gasteiger partial charge < -0.3 is 13.7 Å². The van der Waals surface area contributed by atoms with Crippen molar-refractivity contribution in [3.63, 3.8) is 0 Å². The van der Waals surface area contributed by atoms with E-state index in [1.807, 2.05) is 0 Å². The first-order chi connectivity index (χ1) is 28.3. The van der Waals surface area contributed by atoms with Gasteiger partial charge in [0.1, 0.15) is 0 Å². The van der Waals surface area contributed by atoms with Gasteiger partial charge in [-0.3, -0.25) is 0 Å². The fraction of sp³-hybridized carbons (Fsp3) is 0. The van der Waals surface area contributed by atoms with Crippen LogP contribution in [-0.4, -0.2) is 13.7 Å². The molecule has 266 valence electrons. The van der Waals surface area contributed by atoms with Gasteiger partial charge in [0.2, 0.25) is 0 Å². The van der Waals surface area contributed by atoms with Crippen LogP contribution in [0.2, 0.25) is 0 Å². The number of nitrogens with zero attached hydrogens (tertiary/aromatic N) is 3. The van der Waals surface area contributed by atoms with Crippen molar-refractivity contribution in [2.45, 2.75) is 0 Å². The lowest BCUT2D eigenvalue weighted by atomic mass is 10.0. The normalized spacial score (nSPS) is 11.9. The summed E-state index contributed by atoms with van der Waals surface area (Å²) < 4.78 is 7.30. The zero-order chi connectivity index (χ0) is 37.5. The Morgan fingerprint density at radius 2 is 0.702 bits per heavy atom. The average Bonchev–Trinajstić information content (AvgIpc) is 3.92. The maximum absolute atomic E-state index is 2.49. The summed E-state index contributed by atoms with van der Waals surface area (Å²) in [4.78, 5) is 0. The van der Waals surface area contributed by atoms with E-state index >= 15 is 0 Å². The molecule has 0 aliphatic carbocycles. The number of para-hydroxylation sites is 5. The third-order valence-corrected chi connectivity index (χ3v) is 11.8. The van der Waals surface area contributed by atoms with Crippen LogP contribution in [-0.2, 0) is 0 Å². The van der Waals surface area contributed by atoms with Crippen LogP contribution in [0.15, 0.2) is 212 Å². The lowest BCUT2D eigenvalue weighted by Gasteiger charge is -2.15. The highest BCUT2D eigenvalue weighted by Gasteiger charge is 2.22. The van der Waals surface area contributed by atoms with Crippen molar-refractivity contribution in [1.82, 2.24) is 13.7 Å². The second kappa shape index (κ2) is 12.5. The molecular weight excluding hydrogens is 691 g/mol. The number of fused-ring (bicyclic) bond motifs is 10. The molecule has 9 aromatic carbocycles. The van der Waals surface area contributed by atoms with Crippen molar-refractivity contribution >= 4 is 65.4 Å². The molecule has 57 heavy (non-hydrogen) atoms. The van der Waals surface area contributed by atoms with Gasteiger partial charge in [-0.15, -0.1) is 0 Å². The van der Waals surface area contributed by atoms with Gasteiger partial charge in [0, 0.05) is 49.3 Å². The van der Waals surface area contributed by atoms with E-state index in [0.29, 0.717) is 0 Å². The van der Waals surface area contributed by atoms with Crippen molar-refractivity contribution in [1.29, 1.82) is 0 Å². The minimum absolute atomic E-state index is 1.16. The Morgan fingerprint density at radius 1 is 0.246 bits per heavy atom. The summed E-state index contributed by atoms with van der Waals surface area (Å²) in [6.45, 7) is 0. The summed E-state index contributed by atoms with van der Waals surface area (Å²) in [5.41, 5.74) is 15.5. The van der Waals surface area contributed by atoms with Gasteiger partial charge in [-0.05, 0) is 95.6 Å². The molecule has 0 unspecified atom stereocenters. The van der Waals surface area contributed by atoms with E-state index in [9.17, 15) is 0 Å². The number of benzene rings is 9. The molecule has 0 fully saturated rings. The Balaban J connectivity index is 1.14. The largest absolute Gasteiger partial charge is 0.309 e. The topological polar surface area (TPSA) is 14.8 Å². The summed E-state index contributed by atoms with van der Waals surface area (Å²) in [5.74, 6) is 0. The summed E-state index contributed by atoms with van der Waals surface area (Å²) in [6, 6.07) is 77.4. The Labute approximate surface area is 329 Å². The lowest BCUT2D eigenvalue weighted by molar-refractivity contribution is 1.17. The highest BCUT2D eigenvalue weighted by molar-refractivity contribution is 6.29. The smallest absolute Gasteiger partial charge is 0.0549 e. The molecule has 0 aliphatic rings. The van der Waals surface area contributed by atoms with E-state index < -0.39 is 0 Å². The molecule has 3 aromatic heterocycles. The van der Waals surface area contributed by atoms with Crippen molar-refractivity contribution in [2.75, 3.05) is 0 Å². The van der Waals surface area contributed by atoms with Gasteiger partial charge in [-0.2, -0.15) is 0 Å². The molecule has 0 saturated heterocycles. The summed E-state index contributed by atoms with van der Waals surface area (Å²) >= 11 is 0. The highest BCUT2D eigenvalue weighted by Crippen LogP contribution is 2.45. The molecule has 0 saturated carbocycles. The summed E-state index contributed by atoms with van der Waals surface area (Å²) in [7, 11) is 0. The minimum Gasteiger partial charge on any atom is -0.309 e. The molecule has 0 bridgehead atoms. The number of hydrogen-bond donors (Lipinski definition) is 0. The first-order valence-electron chi connectivity index (χ1n) is 19.6. The van der Waals surface area contributed by atoms with Crippen molar-refractivity contribution in [3.05, 3.63) is 212 Å². The van der Waals surface area contributed by atoms with Gasteiger partial charge in [0.25, 0.3) is 0 Å². The first kappa shape index (κ1) is 31.7.